The molecule has 3 rings (SSSR count). The van der Waals surface area contributed by atoms with Crippen molar-refractivity contribution in [3.05, 3.63) is 29.8 Å². The van der Waals surface area contributed by atoms with Crippen LogP contribution in [0.5, 0.6) is 0 Å². The van der Waals surface area contributed by atoms with Crippen LogP contribution in [0.2, 0.25) is 0 Å². The molecule has 0 aliphatic carbocycles. The van der Waals surface area contributed by atoms with Gasteiger partial charge in [0.1, 0.15) is 11.8 Å². The molecule has 0 aromatic carbocycles. The van der Waals surface area contributed by atoms with E-state index in [1.165, 1.54) is 10.9 Å². The normalized spacial score (nSPS) is 21.3. The van der Waals surface area contributed by atoms with Crippen LogP contribution in [0, 0.1) is 5.92 Å². The molecular formula is C15H22N6O2. The summed E-state index contributed by atoms with van der Waals surface area (Å²) in [6.07, 6.45) is 5.26. The van der Waals surface area contributed by atoms with Gasteiger partial charge in [0.15, 0.2) is 0 Å². The molecule has 2 atom stereocenters. The highest BCUT2D eigenvalue weighted by Crippen LogP contribution is 2.33. The minimum absolute atomic E-state index is 0.0313. The number of rotatable bonds is 5. The summed E-state index contributed by atoms with van der Waals surface area (Å²) >= 11 is 0. The maximum absolute atomic E-state index is 12.2. The molecule has 1 fully saturated rings. The van der Waals surface area contributed by atoms with Crippen molar-refractivity contribution < 1.29 is 9.53 Å². The Balaban J connectivity index is 1.68. The van der Waals surface area contributed by atoms with Crippen LogP contribution in [0.15, 0.2) is 18.5 Å². The summed E-state index contributed by atoms with van der Waals surface area (Å²) in [7, 11) is 1.70. The van der Waals surface area contributed by atoms with Crippen molar-refractivity contribution in [2.24, 2.45) is 13.0 Å². The Morgan fingerprint density at radius 1 is 1.52 bits per heavy atom. The van der Waals surface area contributed by atoms with Gasteiger partial charge in [-0.05, 0) is 25.8 Å². The Kier molecular flexibility index (Phi) is 4.71. The van der Waals surface area contributed by atoms with E-state index in [4.69, 9.17) is 4.74 Å². The molecule has 2 aromatic rings. The second-order valence-electron chi connectivity index (χ2n) is 5.72. The van der Waals surface area contributed by atoms with Gasteiger partial charge in [0.2, 0.25) is 0 Å². The van der Waals surface area contributed by atoms with E-state index in [0.717, 1.165) is 31.7 Å². The highest BCUT2D eigenvalue weighted by Gasteiger charge is 2.30. The van der Waals surface area contributed by atoms with E-state index in [1.807, 2.05) is 10.7 Å². The average molecular weight is 318 g/mol. The Hall–Kier alpha value is -2.22. The first kappa shape index (κ1) is 15.7. The highest BCUT2D eigenvalue weighted by molar-refractivity contribution is 5.92. The lowest BCUT2D eigenvalue weighted by molar-refractivity contribution is -0.0321. The zero-order chi connectivity index (χ0) is 16.2. The van der Waals surface area contributed by atoms with Crippen molar-refractivity contribution in [3.8, 4) is 0 Å². The summed E-state index contributed by atoms with van der Waals surface area (Å²) in [5, 5.41) is 14.8. The van der Waals surface area contributed by atoms with Gasteiger partial charge in [-0.2, -0.15) is 5.10 Å². The number of nitrogens with one attached hydrogen (secondary N) is 1. The predicted molar refractivity (Wildman–Crippen MR) is 82.7 cm³/mol. The zero-order valence-electron chi connectivity index (χ0n) is 13.5. The lowest BCUT2D eigenvalue weighted by Crippen LogP contribution is -2.36. The lowest BCUT2D eigenvalue weighted by atomic mass is 9.92. The Bertz CT molecular complexity index is 664. The van der Waals surface area contributed by atoms with Crippen molar-refractivity contribution in [2.75, 3.05) is 13.2 Å². The van der Waals surface area contributed by atoms with Crippen molar-refractivity contribution in [2.45, 2.75) is 32.4 Å². The Morgan fingerprint density at radius 2 is 2.39 bits per heavy atom. The van der Waals surface area contributed by atoms with Gasteiger partial charge in [-0.3, -0.25) is 9.48 Å². The first-order chi connectivity index (χ1) is 11.2. The van der Waals surface area contributed by atoms with Gasteiger partial charge < -0.3 is 10.1 Å². The second-order valence-corrected chi connectivity index (χ2v) is 5.72. The number of carbonyl (C=O) groups excluding carboxylic acids is 1. The maximum atomic E-state index is 12.2. The van der Waals surface area contributed by atoms with Crippen LogP contribution in [0.25, 0.3) is 0 Å². The second kappa shape index (κ2) is 6.91. The Labute approximate surface area is 134 Å². The molecule has 8 nitrogen and oxygen atoms in total. The standard InChI is InChI=1S/C15H22N6O2/c1-3-21-12(6-7-18-21)14-11(5-4-8-23-14)9-16-15(22)13-10-17-19-20(13)2/h6-7,10-11,14H,3-5,8-9H2,1-2H3,(H,16,22)/t11-,14+/m0/s1. The van der Waals surface area contributed by atoms with Crippen molar-refractivity contribution in [1.29, 1.82) is 0 Å². The third-order valence-corrected chi connectivity index (χ3v) is 4.26. The Morgan fingerprint density at radius 3 is 3.13 bits per heavy atom. The van der Waals surface area contributed by atoms with Gasteiger partial charge in [0.25, 0.3) is 5.91 Å². The number of aromatic nitrogens is 5. The third kappa shape index (κ3) is 3.26. The zero-order valence-corrected chi connectivity index (χ0v) is 13.5. The number of aryl methyl sites for hydroxylation is 2. The lowest BCUT2D eigenvalue weighted by Gasteiger charge is -2.32. The molecule has 2 aromatic heterocycles. The minimum atomic E-state index is -0.161. The fourth-order valence-electron chi connectivity index (χ4n) is 3.04. The molecule has 1 aliphatic rings. The molecule has 0 unspecified atom stereocenters. The molecule has 1 amide bonds. The van der Waals surface area contributed by atoms with E-state index in [-0.39, 0.29) is 17.9 Å². The fraction of sp³-hybridized carbons (Fsp3) is 0.600. The van der Waals surface area contributed by atoms with E-state index in [1.54, 1.807) is 13.2 Å². The molecule has 1 saturated heterocycles. The van der Waals surface area contributed by atoms with Crippen LogP contribution < -0.4 is 5.32 Å². The monoisotopic (exact) mass is 318 g/mol. The number of amides is 1. The summed E-state index contributed by atoms with van der Waals surface area (Å²) in [6, 6.07) is 2.00. The SMILES string of the molecule is CCn1nccc1[C@@H]1OCCC[C@H]1CNC(=O)c1cnnn1C. The average Bonchev–Trinajstić information content (AvgIpc) is 3.21. The summed E-state index contributed by atoms with van der Waals surface area (Å²) < 4.78 is 9.40. The third-order valence-electron chi connectivity index (χ3n) is 4.26. The van der Waals surface area contributed by atoms with Gasteiger partial charge in [0.05, 0.1) is 11.9 Å². The topological polar surface area (TPSA) is 86.9 Å². The largest absolute Gasteiger partial charge is 0.372 e. The maximum Gasteiger partial charge on any atom is 0.271 e. The number of hydrogen-bond acceptors (Lipinski definition) is 5. The van der Waals surface area contributed by atoms with Crippen molar-refractivity contribution in [3.63, 3.8) is 0 Å². The molecule has 3 heterocycles. The van der Waals surface area contributed by atoms with Crippen LogP contribution in [-0.4, -0.2) is 43.8 Å². The summed E-state index contributed by atoms with van der Waals surface area (Å²) in [5.41, 5.74) is 1.53. The number of nitrogens with zero attached hydrogens (tertiary/aromatic N) is 5. The molecule has 0 bridgehead atoms. The molecule has 23 heavy (non-hydrogen) atoms. The van der Waals surface area contributed by atoms with Gasteiger partial charge >= 0.3 is 0 Å². The van der Waals surface area contributed by atoms with Gasteiger partial charge in [-0.25, -0.2) is 4.68 Å². The fourth-order valence-corrected chi connectivity index (χ4v) is 3.04. The first-order valence-corrected chi connectivity index (χ1v) is 7.97. The van der Waals surface area contributed by atoms with Crippen LogP contribution >= 0.6 is 0 Å². The van der Waals surface area contributed by atoms with Crippen LogP contribution in [-0.2, 0) is 18.3 Å². The van der Waals surface area contributed by atoms with E-state index < -0.39 is 0 Å². The summed E-state index contributed by atoms with van der Waals surface area (Å²) in [5.74, 6) is 0.0710. The van der Waals surface area contributed by atoms with E-state index in [0.29, 0.717) is 12.2 Å². The summed E-state index contributed by atoms with van der Waals surface area (Å²) in [4.78, 5) is 12.2. The van der Waals surface area contributed by atoms with Gasteiger partial charge in [0, 0.05) is 38.9 Å². The van der Waals surface area contributed by atoms with Gasteiger partial charge in [-0.1, -0.05) is 5.21 Å². The molecule has 0 saturated carbocycles. The summed E-state index contributed by atoms with van der Waals surface area (Å²) in [6.45, 7) is 4.17. The molecule has 8 heteroatoms. The number of ether oxygens (including phenoxy) is 1. The quantitative estimate of drug-likeness (QED) is 0.886. The predicted octanol–water partition coefficient (Wildman–Crippen LogP) is 0.929. The molecular weight excluding hydrogens is 296 g/mol. The van der Waals surface area contributed by atoms with E-state index >= 15 is 0 Å². The number of hydrogen-bond donors (Lipinski definition) is 1. The highest BCUT2D eigenvalue weighted by atomic mass is 16.5. The molecule has 124 valence electrons. The van der Waals surface area contributed by atoms with Crippen molar-refractivity contribution >= 4 is 5.91 Å². The van der Waals surface area contributed by atoms with Crippen LogP contribution in [0.3, 0.4) is 0 Å². The smallest absolute Gasteiger partial charge is 0.271 e. The van der Waals surface area contributed by atoms with E-state index in [2.05, 4.69) is 27.7 Å². The van der Waals surface area contributed by atoms with Gasteiger partial charge in [-0.15, -0.1) is 5.10 Å². The minimum Gasteiger partial charge on any atom is -0.372 e. The van der Waals surface area contributed by atoms with Crippen LogP contribution in [0.1, 0.15) is 42.1 Å². The van der Waals surface area contributed by atoms with Crippen LogP contribution in [0.4, 0.5) is 0 Å². The molecule has 1 N–H and O–H groups in total. The van der Waals surface area contributed by atoms with Crippen molar-refractivity contribution in [1.82, 2.24) is 30.1 Å². The molecule has 0 radical (unpaired) electrons. The first-order valence-electron chi connectivity index (χ1n) is 7.97. The van der Waals surface area contributed by atoms with E-state index in [9.17, 15) is 4.79 Å². The molecule has 0 spiro atoms. The number of carbonyl (C=O) groups is 1. The molecule has 1 aliphatic heterocycles.